The van der Waals surface area contributed by atoms with E-state index in [2.05, 4.69) is 5.32 Å². The highest BCUT2D eigenvalue weighted by Gasteiger charge is 2.28. The van der Waals surface area contributed by atoms with Gasteiger partial charge in [-0.25, -0.2) is 8.42 Å². The molecule has 174 valence electrons. The lowest BCUT2D eigenvalue weighted by molar-refractivity contribution is -0.119. The zero-order valence-corrected chi connectivity index (χ0v) is 20.4. The van der Waals surface area contributed by atoms with Crippen LogP contribution in [0.3, 0.4) is 0 Å². The topological polar surface area (TPSA) is 75.7 Å². The van der Waals surface area contributed by atoms with E-state index >= 15 is 0 Å². The van der Waals surface area contributed by atoms with Crippen molar-refractivity contribution in [2.45, 2.75) is 25.7 Å². The van der Waals surface area contributed by atoms with E-state index in [-0.39, 0.29) is 24.6 Å². The number of rotatable bonds is 9. The van der Waals surface area contributed by atoms with Gasteiger partial charge in [0.2, 0.25) is 5.91 Å². The molecular weight excluding hydrogens is 460 g/mol. The predicted molar refractivity (Wildman–Crippen MR) is 132 cm³/mol. The van der Waals surface area contributed by atoms with Gasteiger partial charge in [0.1, 0.15) is 18.9 Å². The predicted octanol–water partition coefficient (Wildman–Crippen LogP) is 4.66. The van der Waals surface area contributed by atoms with Gasteiger partial charge in [-0.1, -0.05) is 41.9 Å². The maximum Gasteiger partial charge on any atom is 0.264 e. The minimum absolute atomic E-state index is 0.0929. The number of nitrogens with one attached hydrogen (secondary N) is 1. The van der Waals surface area contributed by atoms with Crippen molar-refractivity contribution in [3.05, 3.63) is 88.4 Å². The van der Waals surface area contributed by atoms with Crippen molar-refractivity contribution in [2.75, 3.05) is 24.0 Å². The molecule has 3 rings (SSSR count). The van der Waals surface area contributed by atoms with Crippen molar-refractivity contribution in [1.29, 1.82) is 0 Å². The zero-order chi connectivity index (χ0) is 24.0. The molecule has 0 unspecified atom stereocenters. The van der Waals surface area contributed by atoms with Crippen LogP contribution in [0, 0.1) is 20.8 Å². The van der Waals surface area contributed by atoms with Gasteiger partial charge in [-0.2, -0.15) is 0 Å². The van der Waals surface area contributed by atoms with Crippen molar-refractivity contribution in [1.82, 2.24) is 5.32 Å². The van der Waals surface area contributed by atoms with E-state index in [0.29, 0.717) is 16.3 Å². The first-order valence-electron chi connectivity index (χ1n) is 10.5. The standard InChI is InChI=1S/C25H27ClN2O4S/c1-18-14-19(2)16-21(15-18)32-13-12-27-25(29)17-28(24-11-7-10-23(26)20(24)3)33(30,31)22-8-5-4-6-9-22/h4-11,14-16H,12-13,17H2,1-3H3,(H,27,29). The van der Waals surface area contributed by atoms with Crippen molar-refractivity contribution in [3.8, 4) is 5.75 Å². The van der Waals surface area contributed by atoms with Gasteiger partial charge in [-0.05, 0) is 73.9 Å². The van der Waals surface area contributed by atoms with Crippen LogP contribution >= 0.6 is 11.6 Å². The van der Waals surface area contributed by atoms with E-state index in [9.17, 15) is 13.2 Å². The Hall–Kier alpha value is -3.03. The fraction of sp³-hybridized carbons (Fsp3) is 0.240. The lowest BCUT2D eigenvalue weighted by Crippen LogP contribution is -2.42. The van der Waals surface area contributed by atoms with Crippen LogP contribution in [-0.2, 0) is 14.8 Å². The van der Waals surface area contributed by atoms with Gasteiger partial charge in [0, 0.05) is 5.02 Å². The second-order valence-corrected chi connectivity index (χ2v) is 10.0. The Morgan fingerprint density at radius 1 is 0.970 bits per heavy atom. The number of ether oxygens (including phenoxy) is 1. The number of nitrogens with zero attached hydrogens (tertiary/aromatic N) is 1. The Balaban J connectivity index is 1.73. The molecule has 0 aliphatic heterocycles. The van der Waals surface area contributed by atoms with Gasteiger partial charge >= 0.3 is 0 Å². The van der Waals surface area contributed by atoms with E-state index in [4.69, 9.17) is 16.3 Å². The third-order valence-electron chi connectivity index (χ3n) is 5.01. The quantitative estimate of drug-likeness (QED) is 0.446. The molecule has 0 radical (unpaired) electrons. The molecule has 3 aromatic carbocycles. The summed E-state index contributed by atoms with van der Waals surface area (Å²) in [6, 6.07) is 18.9. The van der Waals surface area contributed by atoms with Gasteiger partial charge < -0.3 is 10.1 Å². The molecular formula is C25H27ClN2O4S. The summed E-state index contributed by atoms with van der Waals surface area (Å²) < 4.78 is 33.6. The number of amides is 1. The summed E-state index contributed by atoms with van der Waals surface area (Å²) >= 11 is 6.23. The molecule has 1 N–H and O–H groups in total. The number of aryl methyl sites for hydroxylation is 2. The summed E-state index contributed by atoms with van der Waals surface area (Å²) in [4.78, 5) is 12.8. The highest BCUT2D eigenvalue weighted by Crippen LogP contribution is 2.30. The average molecular weight is 487 g/mol. The van der Waals surface area contributed by atoms with Gasteiger partial charge in [-0.15, -0.1) is 0 Å². The van der Waals surface area contributed by atoms with Crippen molar-refractivity contribution in [3.63, 3.8) is 0 Å². The Morgan fingerprint density at radius 3 is 2.30 bits per heavy atom. The average Bonchev–Trinajstić information content (AvgIpc) is 2.77. The SMILES string of the molecule is Cc1cc(C)cc(OCCNC(=O)CN(c2cccc(Cl)c2C)S(=O)(=O)c2ccccc2)c1. The molecule has 1 amide bonds. The first kappa shape index (κ1) is 24.6. The van der Waals surface area contributed by atoms with Gasteiger partial charge in [0.05, 0.1) is 17.1 Å². The number of carbonyl (C=O) groups excluding carboxylic acids is 1. The van der Waals surface area contributed by atoms with Crippen molar-refractivity contribution < 1.29 is 17.9 Å². The summed E-state index contributed by atoms with van der Waals surface area (Å²) in [5.74, 6) is 0.280. The second-order valence-electron chi connectivity index (χ2n) is 7.73. The molecule has 0 fully saturated rings. The largest absolute Gasteiger partial charge is 0.492 e. The molecule has 0 atom stereocenters. The lowest BCUT2D eigenvalue weighted by atomic mass is 10.1. The van der Waals surface area contributed by atoms with Crippen LogP contribution in [0.15, 0.2) is 71.6 Å². The minimum Gasteiger partial charge on any atom is -0.492 e. The summed E-state index contributed by atoms with van der Waals surface area (Å²) in [6.07, 6.45) is 0. The third-order valence-corrected chi connectivity index (χ3v) is 7.20. The van der Waals surface area contributed by atoms with Crippen LogP contribution in [0.4, 0.5) is 5.69 Å². The number of hydrogen-bond donors (Lipinski definition) is 1. The summed E-state index contributed by atoms with van der Waals surface area (Å²) in [7, 11) is -3.99. The van der Waals surface area contributed by atoms with Crippen LogP contribution in [0.2, 0.25) is 5.02 Å². The van der Waals surface area contributed by atoms with E-state index in [0.717, 1.165) is 21.2 Å². The molecule has 0 aromatic heterocycles. The second kappa shape index (κ2) is 10.7. The summed E-state index contributed by atoms with van der Waals surface area (Å²) in [5.41, 5.74) is 3.11. The lowest BCUT2D eigenvalue weighted by Gasteiger charge is -2.26. The summed E-state index contributed by atoms with van der Waals surface area (Å²) in [5, 5.41) is 3.16. The Kier molecular flexibility index (Phi) is 8.00. The highest BCUT2D eigenvalue weighted by molar-refractivity contribution is 7.92. The number of carbonyl (C=O) groups is 1. The molecule has 0 aliphatic carbocycles. The molecule has 33 heavy (non-hydrogen) atoms. The molecule has 0 saturated carbocycles. The van der Waals surface area contributed by atoms with Crippen molar-refractivity contribution >= 4 is 33.2 Å². The fourth-order valence-corrected chi connectivity index (χ4v) is 5.12. The maximum absolute atomic E-state index is 13.4. The van der Waals surface area contributed by atoms with Gasteiger partial charge in [0.25, 0.3) is 10.0 Å². The molecule has 0 spiro atoms. The van der Waals surface area contributed by atoms with Crippen LogP contribution in [0.5, 0.6) is 5.75 Å². The first-order chi connectivity index (χ1) is 15.7. The molecule has 0 saturated heterocycles. The van der Waals surface area contributed by atoms with Gasteiger partial charge in [0.15, 0.2) is 0 Å². The summed E-state index contributed by atoms with van der Waals surface area (Å²) in [6.45, 7) is 5.81. The van der Waals surface area contributed by atoms with Crippen LogP contribution in [0.25, 0.3) is 0 Å². The van der Waals surface area contributed by atoms with Crippen molar-refractivity contribution in [2.24, 2.45) is 0 Å². The highest BCUT2D eigenvalue weighted by atomic mass is 35.5. The molecule has 0 aliphatic rings. The first-order valence-corrected chi connectivity index (χ1v) is 12.3. The van der Waals surface area contributed by atoms with E-state index < -0.39 is 15.9 Å². The molecule has 0 bridgehead atoms. The third kappa shape index (κ3) is 6.27. The molecule has 3 aromatic rings. The maximum atomic E-state index is 13.4. The van der Waals surface area contributed by atoms with E-state index in [1.807, 2.05) is 32.0 Å². The smallest absolute Gasteiger partial charge is 0.264 e. The Bertz CT molecular complexity index is 1210. The molecule has 0 heterocycles. The van der Waals surface area contributed by atoms with Crippen LogP contribution in [-0.4, -0.2) is 34.0 Å². The number of anilines is 1. The zero-order valence-electron chi connectivity index (χ0n) is 18.8. The van der Waals surface area contributed by atoms with Gasteiger partial charge in [-0.3, -0.25) is 9.10 Å². The molecule has 8 heteroatoms. The minimum atomic E-state index is -3.99. The number of benzene rings is 3. The Morgan fingerprint density at radius 2 is 1.64 bits per heavy atom. The molecule has 6 nitrogen and oxygen atoms in total. The Labute approximate surface area is 200 Å². The fourth-order valence-electron chi connectivity index (χ4n) is 3.45. The van der Waals surface area contributed by atoms with E-state index in [1.54, 1.807) is 43.3 Å². The number of sulfonamides is 1. The van der Waals surface area contributed by atoms with Crippen LogP contribution in [0.1, 0.15) is 16.7 Å². The van der Waals surface area contributed by atoms with E-state index in [1.165, 1.54) is 12.1 Å². The number of hydrogen-bond acceptors (Lipinski definition) is 4. The van der Waals surface area contributed by atoms with Crippen LogP contribution < -0.4 is 14.4 Å². The number of halogens is 1. The monoisotopic (exact) mass is 486 g/mol. The normalized spacial score (nSPS) is 11.2.